The summed E-state index contributed by atoms with van der Waals surface area (Å²) >= 11 is 0. The van der Waals surface area contributed by atoms with Gasteiger partial charge in [0.05, 0.1) is 12.7 Å². The lowest BCUT2D eigenvalue weighted by Gasteiger charge is -2.21. The number of nitrogens with one attached hydrogen (secondary N) is 1. The third-order valence-corrected chi connectivity index (χ3v) is 3.61. The quantitative estimate of drug-likeness (QED) is 0.603. The third-order valence-electron chi connectivity index (χ3n) is 3.61. The molecule has 31 heavy (non-hydrogen) atoms. The molecule has 1 N–H and O–H groups in total. The molecule has 0 fully saturated rings. The molecule has 2 aromatic rings. The first kappa shape index (κ1) is 26.0. The molecule has 6 nitrogen and oxygen atoms in total. The highest BCUT2D eigenvalue weighted by molar-refractivity contribution is 5.67. The Labute approximate surface area is 181 Å². The fourth-order valence-corrected chi connectivity index (χ4v) is 2.13. The minimum atomic E-state index is -0.512. The number of amides is 1. The van der Waals surface area contributed by atoms with Crippen LogP contribution in [0, 0.1) is 11.6 Å². The van der Waals surface area contributed by atoms with Crippen molar-refractivity contribution in [2.24, 2.45) is 0 Å². The van der Waals surface area contributed by atoms with Crippen molar-refractivity contribution in [3.05, 3.63) is 71.3 Å². The van der Waals surface area contributed by atoms with Crippen LogP contribution in [0.4, 0.5) is 13.6 Å². The molecule has 0 saturated carbocycles. The van der Waals surface area contributed by atoms with Crippen LogP contribution in [0.25, 0.3) is 0 Å². The number of halogens is 2. The van der Waals surface area contributed by atoms with Crippen molar-refractivity contribution in [1.29, 1.82) is 0 Å². The zero-order valence-electron chi connectivity index (χ0n) is 18.2. The van der Waals surface area contributed by atoms with Crippen molar-refractivity contribution < 1.29 is 32.6 Å². The molecular weight excluding hydrogens is 408 g/mol. The van der Waals surface area contributed by atoms with Crippen LogP contribution < -0.4 is 5.32 Å². The minimum absolute atomic E-state index is 0.160. The summed E-state index contributed by atoms with van der Waals surface area (Å²) in [4.78, 5) is 21.2. The number of carbonyl (C=O) groups excluding carboxylic acids is 2. The summed E-state index contributed by atoms with van der Waals surface area (Å²) in [6.07, 6.45) is -0.623. The Hall–Kier alpha value is -3.00. The molecule has 1 atom stereocenters. The van der Waals surface area contributed by atoms with Gasteiger partial charge in [-0.2, -0.15) is 0 Å². The minimum Gasteiger partial charge on any atom is -0.463 e. The predicted molar refractivity (Wildman–Crippen MR) is 112 cm³/mol. The van der Waals surface area contributed by atoms with Crippen LogP contribution in [0.5, 0.6) is 0 Å². The summed E-state index contributed by atoms with van der Waals surface area (Å²) in [5.41, 5.74) is 1.15. The Balaban J connectivity index is 0.000000367. The largest absolute Gasteiger partial charge is 0.463 e. The molecule has 170 valence electrons. The van der Waals surface area contributed by atoms with Crippen LogP contribution >= 0.6 is 0 Å². The maximum absolute atomic E-state index is 12.7. The smallest absolute Gasteiger partial charge is 0.407 e. The number of alkyl carbamates (subject to hydrolysis) is 1. The maximum atomic E-state index is 12.7. The van der Waals surface area contributed by atoms with Crippen LogP contribution in [0.1, 0.15) is 38.8 Å². The number of rotatable bonds is 8. The average molecular weight is 437 g/mol. The van der Waals surface area contributed by atoms with Crippen molar-refractivity contribution in [1.82, 2.24) is 5.32 Å². The average Bonchev–Trinajstić information content (AvgIpc) is 2.71. The Morgan fingerprint density at radius 2 is 1.45 bits per heavy atom. The highest BCUT2D eigenvalue weighted by atomic mass is 19.1. The van der Waals surface area contributed by atoms with Gasteiger partial charge in [0, 0.05) is 6.54 Å². The lowest BCUT2D eigenvalue weighted by atomic mass is 10.2. The molecule has 2 aromatic carbocycles. The number of benzene rings is 2. The van der Waals surface area contributed by atoms with E-state index in [1.807, 2.05) is 6.92 Å². The molecule has 0 spiro atoms. The molecule has 0 aromatic heterocycles. The van der Waals surface area contributed by atoms with Crippen molar-refractivity contribution in [3.8, 4) is 0 Å². The number of carbonyl (C=O) groups is 2. The van der Waals surface area contributed by atoms with E-state index in [-0.39, 0.29) is 24.3 Å². The molecule has 0 saturated heterocycles. The summed E-state index contributed by atoms with van der Waals surface area (Å²) in [5.74, 6) is -0.562. The third kappa shape index (κ3) is 13.0. The van der Waals surface area contributed by atoms with Crippen LogP contribution in [-0.4, -0.2) is 30.8 Å². The maximum Gasteiger partial charge on any atom is 0.407 e. The first-order chi connectivity index (χ1) is 14.6. The van der Waals surface area contributed by atoms with Gasteiger partial charge >= 0.3 is 6.09 Å². The second-order valence-corrected chi connectivity index (χ2v) is 7.66. The van der Waals surface area contributed by atoms with E-state index in [0.29, 0.717) is 19.6 Å². The highest BCUT2D eigenvalue weighted by Gasteiger charge is 2.16. The summed E-state index contributed by atoms with van der Waals surface area (Å²) in [6.45, 7) is 8.56. The highest BCUT2D eigenvalue weighted by Crippen LogP contribution is 2.08. The first-order valence-corrected chi connectivity index (χ1v) is 9.71. The van der Waals surface area contributed by atoms with Gasteiger partial charge in [-0.1, -0.05) is 24.3 Å². The van der Waals surface area contributed by atoms with E-state index < -0.39 is 11.7 Å². The van der Waals surface area contributed by atoms with E-state index >= 15 is 0 Å². The molecule has 0 aliphatic heterocycles. The summed E-state index contributed by atoms with van der Waals surface area (Å²) in [5, 5.41) is 2.64. The van der Waals surface area contributed by atoms with Gasteiger partial charge in [0.25, 0.3) is 6.47 Å². The molecular formula is C23H29F2NO5. The predicted octanol–water partition coefficient (Wildman–Crippen LogP) is 4.75. The molecule has 1 unspecified atom stereocenters. The fourth-order valence-electron chi connectivity index (χ4n) is 2.13. The molecule has 1 amide bonds. The van der Waals surface area contributed by atoms with Gasteiger partial charge in [-0.15, -0.1) is 0 Å². The van der Waals surface area contributed by atoms with Gasteiger partial charge in [-0.25, -0.2) is 13.6 Å². The number of ether oxygens (including phenoxy) is 3. The van der Waals surface area contributed by atoms with Crippen molar-refractivity contribution in [2.75, 3.05) is 6.54 Å². The molecule has 0 bridgehead atoms. The van der Waals surface area contributed by atoms with Gasteiger partial charge in [0.1, 0.15) is 23.8 Å². The van der Waals surface area contributed by atoms with Gasteiger partial charge in [-0.3, -0.25) is 4.79 Å². The van der Waals surface area contributed by atoms with E-state index in [2.05, 4.69) is 10.1 Å². The van der Waals surface area contributed by atoms with E-state index in [0.717, 1.165) is 11.1 Å². The Kier molecular flexibility index (Phi) is 11.2. The Bertz CT molecular complexity index is 789. The van der Waals surface area contributed by atoms with Gasteiger partial charge in [0.2, 0.25) is 0 Å². The lowest BCUT2D eigenvalue weighted by Crippen LogP contribution is -2.36. The number of hydrogen-bond acceptors (Lipinski definition) is 5. The summed E-state index contributed by atoms with van der Waals surface area (Å²) in [6, 6.07) is 11.9. The van der Waals surface area contributed by atoms with E-state index in [1.165, 1.54) is 24.3 Å². The van der Waals surface area contributed by atoms with Crippen molar-refractivity contribution in [2.45, 2.75) is 52.6 Å². The Morgan fingerprint density at radius 3 is 1.90 bits per heavy atom. The van der Waals surface area contributed by atoms with Crippen LogP contribution in [0.2, 0.25) is 0 Å². The van der Waals surface area contributed by atoms with Gasteiger partial charge < -0.3 is 19.5 Å². The summed E-state index contributed by atoms with van der Waals surface area (Å²) < 4.78 is 40.2. The van der Waals surface area contributed by atoms with E-state index in [9.17, 15) is 18.4 Å². The summed E-state index contributed by atoms with van der Waals surface area (Å²) in [7, 11) is 0. The molecule has 0 heterocycles. The number of hydrogen-bond donors (Lipinski definition) is 1. The second-order valence-electron chi connectivity index (χ2n) is 7.66. The molecule has 8 heteroatoms. The molecule has 0 aliphatic carbocycles. The standard InChI is InChI=1S/C15H22FNO3.C8H7FO2/c1-11(9-17-14(18)20-15(2,3)4)19-10-12-5-7-13(16)8-6-12;9-8-3-1-7(2-4-8)5-11-6-10/h5-8,11H,9-10H2,1-4H3,(H,17,18);1-4,6H,5H2. The van der Waals surface area contributed by atoms with E-state index in [1.54, 1.807) is 45.0 Å². The first-order valence-electron chi connectivity index (χ1n) is 9.71. The topological polar surface area (TPSA) is 73.9 Å². The monoisotopic (exact) mass is 437 g/mol. The van der Waals surface area contributed by atoms with Crippen molar-refractivity contribution >= 4 is 12.6 Å². The molecule has 0 radical (unpaired) electrons. The molecule has 0 aliphatic rings. The molecule has 2 rings (SSSR count). The zero-order chi connectivity index (χ0) is 23.3. The lowest BCUT2D eigenvalue weighted by molar-refractivity contribution is -0.129. The second kappa shape index (κ2) is 13.3. The fraction of sp³-hybridized carbons (Fsp3) is 0.391. The zero-order valence-corrected chi connectivity index (χ0v) is 18.2. The Morgan fingerprint density at radius 1 is 0.968 bits per heavy atom. The SMILES string of the molecule is CC(CNC(=O)OC(C)(C)C)OCc1ccc(F)cc1.O=COCc1ccc(F)cc1. The van der Waals surface area contributed by atoms with Crippen molar-refractivity contribution in [3.63, 3.8) is 0 Å². The van der Waals surface area contributed by atoms with E-state index in [4.69, 9.17) is 9.47 Å². The van der Waals surface area contributed by atoms with Crippen LogP contribution in [-0.2, 0) is 32.2 Å². The van der Waals surface area contributed by atoms with Crippen LogP contribution in [0.15, 0.2) is 48.5 Å². The van der Waals surface area contributed by atoms with Crippen LogP contribution in [0.3, 0.4) is 0 Å². The van der Waals surface area contributed by atoms with Gasteiger partial charge in [0.15, 0.2) is 0 Å². The normalized spacial score (nSPS) is 11.5. The van der Waals surface area contributed by atoms with Gasteiger partial charge in [-0.05, 0) is 63.1 Å².